The van der Waals surface area contributed by atoms with Gasteiger partial charge in [0.05, 0.1) is 0 Å². The molecular formula is C13H22N2OS. The maximum Gasteiger partial charge on any atom is 0.126 e. The SMILES string of the molecule is CCCNc1cc(CSCC(C)CO)ccn1. The number of hydrogen-bond donors (Lipinski definition) is 2. The molecule has 0 aliphatic heterocycles. The highest BCUT2D eigenvalue weighted by Gasteiger charge is 2.01. The molecule has 0 radical (unpaired) electrons. The smallest absolute Gasteiger partial charge is 0.126 e. The number of aliphatic hydroxyl groups excluding tert-OH is 1. The van der Waals surface area contributed by atoms with E-state index in [1.54, 1.807) is 0 Å². The summed E-state index contributed by atoms with van der Waals surface area (Å²) >= 11 is 1.86. The molecule has 1 aromatic rings. The van der Waals surface area contributed by atoms with E-state index in [4.69, 9.17) is 5.11 Å². The third-order valence-electron chi connectivity index (χ3n) is 2.36. The van der Waals surface area contributed by atoms with Gasteiger partial charge in [0.2, 0.25) is 0 Å². The van der Waals surface area contributed by atoms with E-state index in [0.29, 0.717) is 5.92 Å². The van der Waals surface area contributed by atoms with Gasteiger partial charge in [-0.15, -0.1) is 0 Å². The fraction of sp³-hybridized carbons (Fsp3) is 0.615. The predicted octanol–water partition coefficient (Wildman–Crippen LogP) is 2.77. The molecule has 0 aliphatic carbocycles. The Balaban J connectivity index is 2.37. The van der Waals surface area contributed by atoms with Crippen molar-refractivity contribution in [1.29, 1.82) is 0 Å². The van der Waals surface area contributed by atoms with Crippen molar-refractivity contribution in [1.82, 2.24) is 4.98 Å². The normalized spacial score (nSPS) is 12.4. The quantitative estimate of drug-likeness (QED) is 0.749. The van der Waals surface area contributed by atoms with E-state index >= 15 is 0 Å². The average molecular weight is 254 g/mol. The number of anilines is 1. The third-order valence-corrected chi connectivity index (χ3v) is 3.71. The molecule has 4 heteroatoms. The number of aliphatic hydroxyl groups is 1. The van der Waals surface area contributed by atoms with Crippen LogP contribution in [0.25, 0.3) is 0 Å². The number of pyridine rings is 1. The molecule has 1 aromatic heterocycles. The van der Waals surface area contributed by atoms with Gasteiger partial charge in [-0.2, -0.15) is 11.8 Å². The summed E-state index contributed by atoms with van der Waals surface area (Å²) in [5.74, 6) is 3.31. The lowest BCUT2D eigenvalue weighted by molar-refractivity contribution is 0.250. The van der Waals surface area contributed by atoms with Crippen LogP contribution in [0.4, 0.5) is 5.82 Å². The zero-order chi connectivity index (χ0) is 12.5. The summed E-state index contributed by atoms with van der Waals surface area (Å²) in [5, 5.41) is 12.2. The van der Waals surface area contributed by atoms with Gasteiger partial charge in [-0.05, 0) is 35.8 Å². The molecule has 1 rings (SSSR count). The first-order valence-electron chi connectivity index (χ1n) is 6.13. The summed E-state index contributed by atoms with van der Waals surface area (Å²) in [5.41, 5.74) is 1.29. The molecule has 0 saturated heterocycles. The molecule has 2 N–H and O–H groups in total. The molecule has 0 bridgehead atoms. The van der Waals surface area contributed by atoms with Gasteiger partial charge < -0.3 is 10.4 Å². The van der Waals surface area contributed by atoms with Crippen molar-refractivity contribution in [2.75, 3.05) is 24.2 Å². The minimum atomic E-state index is 0.270. The van der Waals surface area contributed by atoms with Gasteiger partial charge in [0.15, 0.2) is 0 Å². The van der Waals surface area contributed by atoms with Crippen LogP contribution in [0.3, 0.4) is 0 Å². The van der Waals surface area contributed by atoms with Crippen molar-refractivity contribution in [3.63, 3.8) is 0 Å². The Hall–Kier alpha value is -0.740. The summed E-state index contributed by atoms with van der Waals surface area (Å²) in [6.45, 7) is 5.44. The van der Waals surface area contributed by atoms with Crippen LogP contribution >= 0.6 is 11.8 Å². The van der Waals surface area contributed by atoms with Crippen molar-refractivity contribution < 1.29 is 5.11 Å². The first kappa shape index (κ1) is 14.3. The van der Waals surface area contributed by atoms with Crippen molar-refractivity contribution in [3.05, 3.63) is 23.9 Å². The van der Waals surface area contributed by atoms with Crippen LogP contribution < -0.4 is 5.32 Å². The van der Waals surface area contributed by atoms with Crippen LogP contribution in [0.5, 0.6) is 0 Å². The van der Waals surface area contributed by atoms with E-state index in [1.165, 1.54) is 5.56 Å². The third kappa shape index (κ3) is 5.94. The summed E-state index contributed by atoms with van der Waals surface area (Å²) in [4.78, 5) is 4.28. The van der Waals surface area contributed by atoms with Crippen LogP contribution in [0.15, 0.2) is 18.3 Å². The Labute approximate surface area is 108 Å². The van der Waals surface area contributed by atoms with Gasteiger partial charge in [-0.3, -0.25) is 0 Å². The minimum Gasteiger partial charge on any atom is -0.396 e. The predicted molar refractivity (Wildman–Crippen MR) is 75.4 cm³/mol. The first-order chi connectivity index (χ1) is 8.26. The van der Waals surface area contributed by atoms with Gasteiger partial charge in [0.1, 0.15) is 5.82 Å². The number of hydrogen-bond acceptors (Lipinski definition) is 4. The molecular weight excluding hydrogens is 232 g/mol. The summed E-state index contributed by atoms with van der Waals surface area (Å²) in [6.07, 6.45) is 2.96. The first-order valence-corrected chi connectivity index (χ1v) is 7.29. The molecule has 1 atom stereocenters. The zero-order valence-electron chi connectivity index (χ0n) is 10.6. The van der Waals surface area contributed by atoms with Crippen molar-refractivity contribution >= 4 is 17.6 Å². The summed E-state index contributed by atoms with van der Waals surface area (Å²) in [7, 11) is 0. The van der Waals surface area contributed by atoms with E-state index in [0.717, 1.165) is 30.3 Å². The Morgan fingerprint density at radius 1 is 1.53 bits per heavy atom. The maximum absolute atomic E-state index is 8.94. The van der Waals surface area contributed by atoms with Crippen LogP contribution in [0, 0.1) is 5.92 Å². The van der Waals surface area contributed by atoms with Gasteiger partial charge >= 0.3 is 0 Å². The number of nitrogens with zero attached hydrogens (tertiary/aromatic N) is 1. The van der Waals surface area contributed by atoms with Gasteiger partial charge in [-0.25, -0.2) is 4.98 Å². The molecule has 96 valence electrons. The molecule has 0 spiro atoms. The van der Waals surface area contributed by atoms with Crippen LogP contribution in [-0.2, 0) is 5.75 Å². The van der Waals surface area contributed by atoms with E-state index in [1.807, 2.05) is 24.0 Å². The second-order valence-electron chi connectivity index (χ2n) is 4.28. The Morgan fingerprint density at radius 2 is 2.35 bits per heavy atom. The lowest BCUT2D eigenvalue weighted by Gasteiger charge is -2.08. The Morgan fingerprint density at radius 3 is 3.06 bits per heavy atom. The lowest BCUT2D eigenvalue weighted by atomic mass is 10.2. The summed E-state index contributed by atoms with van der Waals surface area (Å²) in [6, 6.07) is 4.15. The number of rotatable bonds is 8. The highest BCUT2D eigenvalue weighted by Crippen LogP contribution is 2.17. The standard InChI is InChI=1S/C13H22N2OS/c1-3-5-14-13-7-12(4-6-15-13)10-17-9-11(2)8-16/h4,6-7,11,16H,3,5,8-10H2,1-2H3,(H,14,15). The Bertz CT molecular complexity index is 320. The van der Waals surface area contributed by atoms with Crippen LogP contribution in [0.2, 0.25) is 0 Å². The summed E-state index contributed by atoms with van der Waals surface area (Å²) < 4.78 is 0. The highest BCUT2D eigenvalue weighted by molar-refractivity contribution is 7.98. The number of aromatic nitrogens is 1. The van der Waals surface area contributed by atoms with E-state index in [9.17, 15) is 0 Å². The topological polar surface area (TPSA) is 45.1 Å². The monoisotopic (exact) mass is 254 g/mol. The van der Waals surface area contributed by atoms with Gasteiger partial charge in [0, 0.05) is 25.1 Å². The average Bonchev–Trinajstić information content (AvgIpc) is 2.36. The molecule has 1 heterocycles. The van der Waals surface area contributed by atoms with Gasteiger partial charge in [-0.1, -0.05) is 13.8 Å². The molecule has 17 heavy (non-hydrogen) atoms. The van der Waals surface area contributed by atoms with Crippen LogP contribution in [-0.4, -0.2) is 29.0 Å². The molecule has 0 aromatic carbocycles. The minimum absolute atomic E-state index is 0.270. The molecule has 0 aliphatic rings. The molecule has 0 saturated carbocycles. The molecule has 3 nitrogen and oxygen atoms in total. The van der Waals surface area contributed by atoms with Crippen molar-refractivity contribution in [2.24, 2.45) is 5.92 Å². The van der Waals surface area contributed by atoms with Crippen molar-refractivity contribution in [3.8, 4) is 0 Å². The molecule has 1 unspecified atom stereocenters. The molecule has 0 fully saturated rings. The highest BCUT2D eigenvalue weighted by atomic mass is 32.2. The number of thioether (sulfide) groups is 1. The fourth-order valence-corrected chi connectivity index (χ4v) is 2.39. The van der Waals surface area contributed by atoms with Crippen LogP contribution in [0.1, 0.15) is 25.8 Å². The van der Waals surface area contributed by atoms with E-state index in [-0.39, 0.29) is 6.61 Å². The second-order valence-corrected chi connectivity index (χ2v) is 5.31. The van der Waals surface area contributed by atoms with E-state index < -0.39 is 0 Å². The lowest BCUT2D eigenvalue weighted by Crippen LogP contribution is -2.04. The molecule has 0 amide bonds. The Kier molecular flexibility index (Phi) is 7.05. The maximum atomic E-state index is 8.94. The largest absolute Gasteiger partial charge is 0.396 e. The zero-order valence-corrected chi connectivity index (χ0v) is 11.5. The van der Waals surface area contributed by atoms with Crippen molar-refractivity contribution in [2.45, 2.75) is 26.0 Å². The van der Waals surface area contributed by atoms with Gasteiger partial charge in [0.25, 0.3) is 0 Å². The fourth-order valence-electron chi connectivity index (χ4n) is 1.34. The van der Waals surface area contributed by atoms with E-state index in [2.05, 4.69) is 30.2 Å². The second kappa shape index (κ2) is 8.37. The number of nitrogens with one attached hydrogen (secondary N) is 1.